The third-order valence-electron chi connectivity index (χ3n) is 7.10. The lowest BCUT2D eigenvalue weighted by molar-refractivity contribution is 0.0714. The molecule has 0 atom stereocenters. The fraction of sp³-hybridized carbons (Fsp3) is 0.161. The third-order valence-corrected chi connectivity index (χ3v) is 10.2. The Hall–Kier alpha value is -3.63. The van der Waals surface area contributed by atoms with E-state index >= 15 is 0 Å². The number of hydrogen-bond acceptors (Lipinski definition) is 6. The van der Waals surface area contributed by atoms with E-state index in [1.807, 2.05) is 18.2 Å². The van der Waals surface area contributed by atoms with Gasteiger partial charge in [-0.3, -0.25) is 9.52 Å². The minimum Gasteiger partial charge on any atom is -0.456 e. The highest BCUT2D eigenvalue weighted by atomic mass is 35.5. The molecule has 42 heavy (non-hydrogen) atoms. The van der Waals surface area contributed by atoms with Crippen LogP contribution >= 0.6 is 34.5 Å². The van der Waals surface area contributed by atoms with E-state index in [1.54, 1.807) is 58.7 Å². The molecule has 6 rings (SSSR count). The second-order valence-corrected chi connectivity index (χ2v) is 13.5. The lowest BCUT2D eigenvalue weighted by atomic mass is 9.97. The standard InChI is InChI=1S/C31H25Cl2N3O4S2/c32-21-9-14-26(35-42(38,39)23-12-10-22(11-13-23)40-28-7-3-1-5-25(28)33)24(19-21)31(37)36-17-15-20(16-18-36)30-34-27-6-2-4-8-29(27)41-30/h1-14,19-20,35H,15-18H2. The molecule has 0 spiro atoms. The van der Waals surface area contributed by atoms with Crippen molar-refractivity contribution >= 4 is 66.4 Å². The molecule has 1 amide bonds. The smallest absolute Gasteiger partial charge is 0.261 e. The van der Waals surface area contributed by atoms with E-state index in [-0.39, 0.29) is 28.0 Å². The SMILES string of the molecule is O=C(c1cc(Cl)ccc1NS(=O)(=O)c1ccc(Oc2ccccc2Cl)cc1)N1CCC(c2nc3ccccc3s2)CC1. The maximum atomic E-state index is 13.6. The molecule has 0 bridgehead atoms. The molecule has 5 aromatic rings. The number of nitrogens with one attached hydrogen (secondary N) is 1. The number of carbonyl (C=O) groups is 1. The fourth-order valence-electron chi connectivity index (χ4n) is 4.89. The van der Waals surface area contributed by atoms with Gasteiger partial charge in [0.25, 0.3) is 15.9 Å². The number of para-hydroxylation sites is 2. The number of nitrogens with zero attached hydrogens (tertiary/aromatic N) is 2. The Balaban J connectivity index is 1.16. The van der Waals surface area contributed by atoms with Crippen molar-refractivity contribution in [2.45, 2.75) is 23.7 Å². The highest BCUT2D eigenvalue weighted by Crippen LogP contribution is 2.35. The maximum Gasteiger partial charge on any atom is 0.261 e. The van der Waals surface area contributed by atoms with E-state index < -0.39 is 10.0 Å². The molecule has 214 valence electrons. The number of benzene rings is 4. The molecule has 1 saturated heterocycles. The van der Waals surface area contributed by atoms with Crippen molar-refractivity contribution in [3.63, 3.8) is 0 Å². The maximum absolute atomic E-state index is 13.6. The number of carbonyl (C=O) groups excluding carboxylic acids is 1. The van der Waals surface area contributed by atoms with Crippen LogP contribution in [-0.4, -0.2) is 37.3 Å². The van der Waals surface area contributed by atoms with E-state index in [9.17, 15) is 13.2 Å². The molecule has 4 aromatic carbocycles. The molecule has 0 saturated carbocycles. The number of ether oxygens (including phenoxy) is 1. The summed E-state index contributed by atoms with van der Waals surface area (Å²) < 4.78 is 36.1. The van der Waals surface area contributed by atoms with Crippen molar-refractivity contribution in [3.8, 4) is 11.5 Å². The third kappa shape index (κ3) is 6.10. The van der Waals surface area contributed by atoms with Crippen molar-refractivity contribution in [1.82, 2.24) is 9.88 Å². The molecule has 1 aliphatic rings. The second kappa shape index (κ2) is 11.9. The Kier molecular flexibility index (Phi) is 8.09. The Morgan fingerprint density at radius 2 is 1.64 bits per heavy atom. The number of anilines is 1. The summed E-state index contributed by atoms with van der Waals surface area (Å²) in [5.74, 6) is 0.884. The molecule has 1 aromatic heterocycles. The van der Waals surface area contributed by atoms with Gasteiger partial charge in [-0.05, 0) is 79.6 Å². The summed E-state index contributed by atoms with van der Waals surface area (Å²) in [5, 5.41) is 1.87. The molecule has 0 unspecified atom stereocenters. The van der Waals surface area contributed by atoms with Gasteiger partial charge in [-0.1, -0.05) is 47.5 Å². The first-order chi connectivity index (χ1) is 20.3. The Bertz CT molecular complexity index is 1840. The van der Waals surface area contributed by atoms with E-state index in [1.165, 1.54) is 24.3 Å². The number of aromatic nitrogens is 1. The molecule has 1 N–H and O–H groups in total. The van der Waals surface area contributed by atoms with Crippen LogP contribution in [0.2, 0.25) is 10.0 Å². The lowest BCUT2D eigenvalue weighted by Crippen LogP contribution is -2.38. The number of rotatable bonds is 7. The molecule has 1 aliphatic heterocycles. The van der Waals surface area contributed by atoms with Crippen molar-refractivity contribution in [3.05, 3.63) is 112 Å². The minimum absolute atomic E-state index is 0.0130. The van der Waals surface area contributed by atoms with Gasteiger partial charge in [-0.2, -0.15) is 0 Å². The van der Waals surface area contributed by atoms with Crippen LogP contribution in [0, 0.1) is 0 Å². The molecule has 2 heterocycles. The van der Waals surface area contributed by atoms with E-state index in [0.717, 1.165) is 28.1 Å². The average molecular weight is 639 g/mol. The number of hydrogen-bond donors (Lipinski definition) is 1. The van der Waals surface area contributed by atoms with Crippen molar-refractivity contribution < 1.29 is 17.9 Å². The number of halogens is 2. The van der Waals surface area contributed by atoms with Crippen LogP contribution in [0.25, 0.3) is 10.2 Å². The second-order valence-electron chi connectivity index (χ2n) is 9.89. The Labute approximate surface area is 257 Å². The first-order valence-corrected chi connectivity index (χ1v) is 16.3. The zero-order valence-corrected chi connectivity index (χ0v) is 25.3. The van der Waals surface area contributed by atoms with Gasteiger partial charge in [0, 0.05) is 24.0 Å². The molecule has 11 heteroatoms. The number of fused-ring (bicyclic) bond motifs is 1. The van der Waals surface area contributed by atoms with E-state index in [0.29, 0.717) is 34.6 Å². The van der Waals surface area contributed by atoms with Crippen molar-refractivity contribution in [2.24, 2.45) is 0 Å². The minimum atomic E-state index is -4.02. The number of sulfonamides is 1. The van der Waals surface area contributed by atoms with Gasteiger partial charge < -0.3 is 9.64 Å². The largest absolute Gasteiger partial charge is 0.456 e. The topological polar surface area (TPSA) is 88.6 Å². The molecule has 7 nitrogen and oxygen atoms in total. The molecule has 0 radical (unpaired) electrons. The first-order valence-electron chi connectivity index (χ1n) is 13.3. The fourth-order valence-corrected chi connectivity index (χ4v) is 7.45. The Morgan fingerprint density at radius 1 is 0.929 bits per heavy atom. The Morgan fingerprint density at radius 3 is 2.38 bits per heavy atom. The van der Waals surface area contributed by atoms with Gasteiger partial charge >= 0.3 is 0 Å². The summed E-state index contributed by atoms with van der Waals surface area (Å²) in [4.78, 5) is 20.2. The summed E-state index contributed by atoms with van der Waals surface area (Å²) in [5.41, 5.74) is 1.35. The van der Waals surface area contributed by atoms with Crippen LogP contribution < -0.4 is 9.46 Å². The van der Waals surface area contributed by atoms with Gasteiger partial charge in [0.05, 0.1) is 36.4 Å². The summed E-state index contributed by atoms with van der Waals surface area (Å²) in [6, 6.07) is 25.6. The first kappa shape index (κ1) is 28.5. The molecular formula is C31H25Cl2N3O4S2. The summed E-state index contributed by atoms with van der Waals surface area (Å²) in [7, 11) is -4.02. The highest BCUT2D eigenvalue weighted by molar-refractivity contribution is 7.92. The van der Waals surface area contributed by atoms with Gasteiger partial charge in [-0.25, -0.2) is 13.4 Å². The quantitative estimate of drug-likeness (QED) is 0.194. The predicted molar refractivity (Wildman–Crippen MR) is 168 cm³/mol. The summed E-state index contributed by atoms with van der Waals surface area (Å²) >= 11 is 14.1. The van der Waals surface area contributed by atoms with Gasteiger partial charge in [0.1, 0.15) is 11.5 Å². The molecule has 1 fully saturated rings. The summed E-state index contributed by atoms with van der Waals surface area (Å²) in [6.07, 6.45) is 1.55. The van der Waals surface area contributed by atoms with Gasteiger partial charge in [-0.15, -0.1) is 11.3 Å². The monoisotopic (exact) mass is 637 g/mol. The lowest BCUT2D eigenvalue weighted by Gasteiger charge is -2.31. The number of piperidine rings is 1. The van der Waals surface area contributed by atoms with Crippen LogP contribution in [0.5, 0.6) is 11.5 Å². The van der Waals surface area contributed by atoms with Crippen LogP contribution in [0.3, 0.4) is 0 Å². The summed E-state index contributed by atoms with van der Waals surface area (Å²) in [6.45, 7) is 1.07. The van der Waals surface area contributed by atoms with Crippen LogP contribution in [0.4, 0.5) is 5.69 Å². The highest BCUT2D eigenvalue weighted by Gasteiger charge is 2.29. The average Bonchev–Trinajstić information content (AvgIpc) is 3.44. The van der Waals surface area contributed by atoms with Crippen LogP contribution in [0.1, 0.15) is 34.1 Å². The van der Waals surface area contributed by atoms with Gasteiger partial charge in [0.15, 0.2) is 0 Å². The normalized spacial score (nSPS) is 14.2. The van der Waals surface area contributed by atoms with E-state index in [2.05, 4.69) is 10.8 Å². The zero-order valence-electron chi connectivity index (χ0n) is 22.2. The zero-order chi connectivity index (χ0) is 29.3. The van der Waals surface area contributed by atoms with Crippen LogP contribution in [-0.2, 0) is 10.0 Å². The number of thiazole rings is 1. The van der Waals surface area contributed by atoms with Crippen LogP contribution in [0.15, 0.2) is 95.9 Å². The van der Waals surface area contributed by atoms with E-state index in [4.69, 9.17) is 32.9 Å². The molecular weight excluding hydrogens is 613 g/mol. The van der Waals surface area contributed by atoms with Crippen molar-refractivity contribution in [1.29, 1.82) is 0 Å². The predicted octanol–water partition coefficient (Wildman–Crippen LogP) is 8.22. The number of amides is 1. The number of likely N-dealkylation sites (tertiary alicyclic amines) is 1. The molecule has 0 aliphatic carbocycles. The van der Waals surface area contributed by atoms with Gasteiger partial charge in [0.2, 0.25) is 0 Å². The van der Waals surface area contributed by atoms with Crippen molar-refractivity contribution in [2.75, 3.05) is 17.8 Å².